The van der Waals surface area contributed by atoms with Gasteiger partial charge < -0.3 is 4.74 Å². The molecule has 0 fully saturated rings. The van der Waals surface area contributed by atoms with Crippen molar-refractivity contribution in [3.8, 4) is 5.75 Å². The zero-order valence-corrected chi connectivity index (χ0v) is 9.08. The summed E-state index contributed by atoms with van der Waals surface area (Å²) in [4.78, 5) is 22.4. The van der Waals surface area contributed by atoms with Gasteiger partial charge in [0.05, 0.1) is 5.69 Å². The highest BCUT2D eigenvalue weighted by Gasteiger charge is 2.09. The van der Waals surface area contributed by atoms with E-state index in [0.29, 0.717) is 17.7 Å². The van der Waals surface area contributed by atoms with Gasteiger partial charge in [-0.15, -0.1) is 0 Å². The van der Waals surface area contributed by atoms with Crippen LogP contribution in [-0.2, 0) is 0 Å². The molecule has 0 aliphatic carbocycles. The van der Waals surface area contributed by atoms with Gasteiger partial charge in [-0.1, -0.05) is 18.2 Å². The Hall–Kier alpha value is -2.36. The van der Waals surface area contributed by atoms with E-state index < -0.39 is 0 Å². The van der Waals surface area contributed by atoms with E-state index in [1.165, 1.54) is 4.57 Å². The summed E-state index contributed by atoms with van der Waals surface area (Å²) in [7, 11) is 0. The van der Waals surface area contributed by atoms with Crippen LogP contribution in [0.25, 0.3) is 0 Å². The van der Waals surface area contributed by atoms with Gasteiger partial charge in [0.2, 0.25) is 0 Å². The molecule has 1 aromatic carbocycles. The van der Waals surface area contributed by atoms with Gasteiger partial charge in [-0.3, -0.25) is 14.2 Å². The standard InChI is InChI=1S/C13H11NO3/c15-9-11-5-4-8-14(11)13(16)10-17-12-6-2-1-3-7-12/h1-9H,10H2. The first-order chi connectivity index (χ1) is 8.31. The zero-order valence-electron chi connectivity index (χ0n) is 9.08. The van der Waals surface area contributed by atoms with Gasteiger partial charge >= 0.3 is 0 Å². The molecule has 0 spiro atoms. The van der Waals surface area contributed by atoms with E-state index in [1.807, 2.05) is 18.2 Å². The van der Waals surface area contributed by atoms with E-state index in [9.17, 15) is 9.59 Å². The topological polar surface area (TPSA) is 48.3 Å². The molecule has 1 aromatic heterocycles. The number of nitrogens with zero attached hydrogens (tertiary/aromatic N) is 1. The summed E-state index contributed by atoms with van der Waals surface area (Å²) in [6.07, 6.45) is 2.18. The van der Waals surface area contributed by atoms with E-state index >= 15 is 0 Å². The summed E-state index contributed by atoms with van der Waals surface area (Å²) < 4.78 is 6.58. The van der Waals surface area contributed by atoms with Crippen LogP contribution in [0, 0.1) is 0 Å². The van der Waals surface area contributed by atoms with Gasteiger partial charge in [0.15, 0.2) is 12.9 Å². The second kappa shape index (κ2) is 5.12. The number of hydrogen-bond donors (Lipinski definition) is 0. The number of carbonyl (C=O) groups excluding carboxylic acids is 2. The minimum atomic E-state index is -0.277. The summed E-state index contributed by atoms with van der Waals surface area (Å²) >= 11 is 0. The monoisotopic (exact) mass is 229 g/mol. The third kappa shape index (κ3) is 2.60. The number of aromatic nitrogens is 1. The number of para-hydroxylation sites is 1. The molecule has 0 amide bonds. The Balaban J connectivity index is 2.01. The van der Waals surface area contributed by atoms with Crippen molar-refractivity contribution >= 4 is 12.2 Å². The average Bonchev–Trinajstić information content (AvgIpc) is 2.85. The van der Waals surface area contributed by atoms with Gasteiger partial charge in [-0.25, -0.2) is 0 Å². The molecule has 2 rings (SSSR count). The third-order valence-electron chi connectivity index (χ3n) is 2.28. The van der Waals surface area contributed by atoms with E-state index in [1.54, 1.807) is 30.5 Å². The molecule has 17 heavy (non-hydrogen) atoms. The van der Waals surface area contributed by atoms with Crippen molar-refractivity contribution < 1.29 is 14.3 Å². The predicted molar refractivity (Wildman–Crippen MR) is 62.4 cm³/mol. The van der Waals surface area contributed by atoms with Crippen molar-refractivity contribution in [3.63, 3.8) is 0 Å². The Morgan fingerprint density at radius 1 is 1.18 bits per heavy atom. The highest BCUT2D eigenvalue weighted by molar-refractivity contribution is 5.87. The van der Waals surface area contributed by atoms with Gasteiger partial charge in [-0.05, 0) is 24.3 Å². The Bertz CT molecular complexity index is 516. The molecule has 1 heterocycles. The lowest BCUT2D eigenvalue weighted by Crippen LogP contribution is -2.20. The molecule has 0 atom stereocenters. The maximum Gasteiger partial charge on any atom is 0.269 e. The van der Waals surface area contributed by atoms with Crippen LogP contribution in [-0.4, -0.2) is 23.4 Å². The van der Waals surface area contributed by atoms with Gasteiger partial charge in [0.25, 0.3) is 5.91 Å². The van der Waals surface area contributed by atoms with Gasteiger partial charge in [0, 0.05) is 6.20 Å². The van der Waals surface area contributed by atoms with Crippen LogP contribution >= 0.6 is 0 Å². The second-order valence-electron chi connectivity index (χ2n) is 3.42. The summed E-state index contributed by atoms with van der Waals surface area (Å²) in [6, 6.07) is 12.3. The largest absolute Gasteiger partial charge is 0.484 e. The highest BCUT2D eigenvalue weighted by atomic mass is 16.5. The third-order valence-corrected chi connectivity index (χ3v) is 2.28. The van der Waals surface area contributed by atoms with E-state index in [0.717, 1.165) is 0 Å². The molecular weight excluding hydrogens is 218 g/mol. The number of aldehydes is 1. The van der Waals surface area contributed by atoms with Crippen LogP contribution in [0.5, 0.6) is 5.75 Å². The van der Waals surface area contributed by atoms with Crippen molar-refractivity contribution in [1.82, 2.24) is 4.57 Å². The summed E-state index contributed by atoms with van der Waals surface area (Å²) in [5.74, 6) is 0.349. The first kappa shape index (κ1) is 11.1. The molecular formula is C13H11NO3. The zero-order chi connectivity index (χ0) is 12.1. The lowest BCUT2D eigenvalue weighted by Gasteiger charge is -2.06. The maximum absolute atomic E-state index is 11.7. The van der Waals surface area contributed by atoms with Crippen LogP contribution in [0.4, 0.5) is 0 Å². The molecule has 0 bridgehead atoms. The quantitative estimate of drug-likeness (QED) is 0.753. The fraction of sp³-hybridized carbons (Fsp3) is 0.0769. The van der Waals surface area contributed by atoms with E-state index in [4.69, 9.17) is 4.74 Å². The molecule has 0 N–H and O–H groups in total. The van der Waals surface area contributed by atoms with E-state index in [-0.39, 0.29) is 12.5 Å². The van der Waals surface area contributed by atoms with Crippen LogP contribution in [0.2, 0.25) is 0 Å². The van der Waals surface area contributed by atoms with Crippen molar-refractivity contribution in [3.05, 3.63) is 54.4 Å². The van der Waals surface area contributed by atoms with Crippen molar-refractivity contribution in [2.24, 2.45) is 0 Å². The normalized spacial score (nSPS) is 9.88. The SMILES string of the molecule is O=Cc1cccn1C(=O)COc1ccccc1. The Morgan fingerprint density at radius 2 is 1.94 bits per heavy atom. The summed E-state index contributed by atoms with van der Waals surface area (Å²) in [5, 5.41) is 0. The van der Waals surface area contributed by atoms with Crippen LogP contribution in [0.1, 0.15) is 15.3 Å². The van der Waals surface area contributed by atoms with Gasteiger partial charge in [-0.2, -0.15) is 0 Å². The van der Waals surface area contributed by atoms with Crippen LogP contribution in [0.15, 0.2) is 48.7 Å². The minimum absolute atomic E-state index is 0.0977. The number of ether oxygens (including phenoxy) is 1. The average molecular weight is 229 g/mol. The van der Waals surface area contributed by atoms with E-state index in [2.05, 4.69) is 0 Å². The summed E-state index contributed by atoms with van der Waals surface area (Å²) in [6.45, 7) is -0.0977. The fourth-order valence-electron chi connectivity index (χ4n) is 1.45. The van der Waals surface area contributed by atoms with Gasteiger partial charge in [0.1, 0.15) is 5.75 Å². The molecule has 0 unspecified atom stereocenters. The molecule has 0 radical (unpaired) electrons. The molecule has 4 heteroatoms. The first-order valence-electron chi connectivity index (χ1n) is 5.15. The number of rotatable bonds is 4. The number of hydrogen-bond acceptors (Lipinski definition) is 3. The number of benzene rings is 1. The van der Waals surface area contributed by atoms with Crippen LogP contribution < -0.4 is 4.74 Å². The van der Waals surface area contributed by atoms with Crippen molar-refractivity contribution in [1.29, 1.82) is 0 Å². The summed E-state index contributed by atoms with van der Waals surface area (Å²) in [5.41, 5.74) is 0.326. The molecule has 0 aliphatic rings. The maximum atomic E-state index is 11.7. The first-order valence-corrected chi connectivity index (χ1v) is 5.15. The number of carbonyl (C=O) groups is 2. The second-order valence-corrected chi connectivity index (χ2v) is 3.42. The Kier molecular flexibility index (Phi) is 3.35. The van der Waals surface area contributed by atoms with Crippen molar-refractivity contribution in [2.45, 2.75) is 0 Å². The predicted octanol–water partition coefficient (Wildman–Crippen LogP) is 2.02. The van der Waals surface area contributed by atoms with Crippen LogP contribution in [0.3, 0.4) is 0 Å². The molecule has 0 aliphatic heterocycles. The molecule has 4 nitrogen and oxygen atoms in total. The lowest BCUT2D eigenvalue weighted by atomic mass is 10.3. The molecule has 2 aromatic rings. The Labute approximate surface area is 98.4 Å². The lowest BCUT2D eigenvalue weighted by molar-refractivity contribution is 0.0829. The molecule has 86 valence electrons. The molecule has 0 saturated carbocycles. The highest BCUT2D eigenvalue weighted by Crippen LogP contribution is 2.08. The Morgan fingerprint density at radius 3 is 2.65 bits per heavy atom. The molecule has 0 saturated heterocycles. The fourth-order valence-corrected chi connectivity index (χ4v) is 1.45. The minimum Gasteiger partial charge on any atom is -0.484 e. The smallest absolute Gasteiger partial charge is 0.269 e. The van der Waals surface area contributed by atoms with Crippen molar-refractivity contribution in [2.75, 3.05) is 6.61 Å².